The number of aromatic nitrogens is 2. The summed E-state index contributed by atoms with van der Waals surface area (Å²) in [5, 5.41) is 0. The molecule has 0 unspecified atom stereocenters. The monoisotopic (exact) mass is 298 g/mol. The molecule has 0 saturated heterocycles. The van der Waals surface area contributed by atoms with Crippen LogP contribution in [0.4, 0.5) is 0 Å². The Morgan fingerprint density at radius 1 is 1.10 bits per heavy atom. The van der Waals surface area contributed by atoms with Gasteiger partial charge < -0.3 is 4.57 Å². The minimum Gasteiger partial charge on any atom is -0.327 e. The molecule has 0 amide bonds. The molecule has 0 saturated carbocycles. The minimum absolute atomic E-state index is 0.446. The molecule has 0 fully saturated rings. The molecule has 0 aliphatic rings. The lowest BCUT2D eigenvalue weighted by Gasteiger charge is -2.10. The van der Waals surface area contributed by atoms with Gasteiger partial charge in [0.05, 0.1) is 16.9 Å². The first kappa shape index (κ1) is 14.2. The van der Waals surface area contributed by atoms with Gasteiger partial charge in [-0.25, -0.2) is 4.98 Å². The fourth-order valence-electron chi connectivity index (χ4n) is 2.76. The molecule has 2 aromatic carbocycles. The zero-order chi connectivity index (χ0) is 14.8. The van der Waals surface area contributed by atoms with Gasteiger partial charge in [-0.2, -0.15) is 0 Å². The molecule has 0 N–H and O–H groups in total. The fourth-order valence-corrected chi connectivity index (χ4v) is 2.96. The highest BCUT2D eigenvalue weighted by atomic mass is 35.5. The van der Waals surface area contributed by atoms with Crippen LogP contribution in [0.1, 0.15) is 22.5 Å². The van der Waals surface area contributed by atoms with Gasteiger partial charge in [-0.3, -0.25) is 0 Å². The van der Waals surface area contributed by atoms with Crippen molar-refractivity contribution in [1.29, 1.82) is 0 Å². The number of halogens is 1. The first-order valence-corrected chi connectivity index (χ1v) is 7.78. The maximum atomic E-state index is 6.07. The Hall–Kier alpha value is -1.80. The summed E-state index contributed by atoms with van der Waals surface area (Å²) in [6, 6.07) is 14.9. The Bertz CT molecular complexity index is 774. The molecule has 0 spiro atoms. The van der Waals surface area contributed by atoms with Crippen molar-refractivity contribution in [3.8, 4) is 0 Å². The Labute approximate surface area is 130 Å². The number of alkyl halides is 1. The van der Waals surface area contributed by atoms with Gasteiger partial charge in [0, 0.05) is 6.54 Å². The Kier molecular flexibility index (Phi) is 3.98. The van der Waals surface area contributed by atoms with E-state index in [9.17, 15) is 0 Å². The molecule has 0 bridgehead atoms. The van der Waals surface area contributed by atoms with Crippen molar-refractivity contribution in [2.75, 3.05) is 0 Å². The number of imidazole rings is 1. The predicted molar refractivity (Wildman–Crippen MR) is 88.9 cm³/mol. The lowest BCUT2D eigenvalue weighted by Crippen LogP contribution is -2.06. The highest BCUT2D eigenvalue weighted by Gasteiger charge is 2.10. The quantitative estimate of drug-likeness (QED) is 0.642. The van der Waals surface area contributed by atoms with Gasteiger partial charge in [-0.1, -0.05) is 30.3 Å². The minimum atomic E-state index is 0.446. The first-order valence-electron chi connectivity index (χ1n) is 7.25. The van der Waals surface area contributed by atoms with Crippen molar-refractivity contribution in [3.05, 3.63) is 65.0 Å². The van der Waals surface area contributed by atoms with Crippen molar-refractivity contribution in [3.63, 3.8) is 0 Å². The molecule has 0 atom stereocenters. The van der Waals surface area contributed by atoms with Gasteiger partial charge in [-0.15, -0.1) is 11.6 Å². The Balaban J connectivity index is 1.96. The molecular formula is C18H19ClN2. The summed E-state index contributed by atoms with van der Waals surface area (Å²) in [4.78, 5) is 4.64. The van der Waals surface area contributed by atoms with Crippen LogP contribution in [0.25, 0.3) is 11.0 Å². The highest BCUT2D eigenvalue weighted by molar-refractivity contribution is 6.16. The van der Waals surface area contributed by atoms with E-state index in [2.05, 4.69) is 65.9 Å². The second kappa shape index (κ2) is 5.90. The third-order valence-electron chi connectivity index (χ3n) is 3.97. The van der Waals surface area contributed by atoms with E-state index in [1.165, 1.54) is 22.2 Å². The largest absolute Gasteiger partial charge is 0.327 e. The number of nitrogens with zero attached hydrogens (tertiary/aromatic N) is 2. The number of aryl methyl sites for hydroxylation is 4. The van der Waals surface area contributed by atoms with E-state index < -0.39 is 0 Å². The molecule has 3 rings (SSSR count). The van der Waals surface area contributed by atoms with Crippen molar-refractivity contribution in [2.24, 2.45) is 0 Å². The van der Waals surface area contributed by atoms with E-state index in [0.717, 1.165) is 24.3 Å². The van der Waals surface area contributed by atoms with E-state index in [1.807, 2.05) is 0 Å². The van der Waals surface area contributed by atoms with Crippen LogP contribution in [0.15, 0.2) is 42.5 Å². The zero-order valence-electron chi connectivity index (χ0n) is 12.4. The number of hydrogen-bond acceptors (Lipinski definition) is 1. The van der Waals surface area contributed by atoms with E-state index >= 15 is 0 Å². The topological polar surface area (TPSA) is 17.8 Å². The smallest absolute Gasteiger partial charge is 0.124 e. The SMILES string of the molecule is Cc1ccc2nc(CCl)n(CCc3ccccc3C)c2c1. The molecule has 21 heavy (non-hydrogen) atoms. The van der Waals surface area contributed by atoms with Crippen LogP contribution in [0.2, 0.25) is 0 Å². The molecule has 3 aromatic rings. The fraction of sp³-hybridized carbons (Fsp3) is 0.278. The lowest BCUT2D eigenvalue weighted by molar-refractivity contribution is 0.686. The second-order valence-electron chi connectivity index (χ2n) is 5.48. The average Bonchev–Trinajstić information content (AvgIpc) is 2.83. The summed E-state index contributed by atoms with van der Waals surface area (Å²) in [5.41, 5.74) is 6.18. The van der Waals surface area contributed by atoms with Crippen molar-refractivity contribution in [2.45, 2.75) is 32.7 Å². The van der Waals surface area contributed by atoms with E-state index in [4.69, 9.17) is 11.6 Å². The van der Waals surface area contributed by atoms with Crippen LogP contribution < -0.4 is 0 Å². The summed E-state index contributed by atoms with van der Waals surface area (Å²) in [6.45, 7) is 5.18. The van der Waals surface area contributed by atoms with Gasteiger partial charge in [0.2, 0.25) is 0 Å². The predicted octanol–water partition coefficient (Wildman–Crippen LogP) is 4.63. The standard InChI is InChI=1S/C18H19ClN2/c1-13-7-8-16-17(11-13)21(18(12-19)20-16)10-9-15-6-4-3-5-14(15)2/h3-8,11H,9-10,12H2,1-2H3. The lowest BCUT2D eigenvalue weighted by atomic mass is 10.1. The molecule has 108 valence electrons. The van der Waals surface area contributed by atoms with Crippen molar-refractivity contribution in [1.82, 2.24) is 9.55 Å². The maximum absolute atomic E-state index is 6.07. The van der Waals surface area contributed by atoms with Gasteiger partial charge in [0.15, 0.2) is 0 Å². The molecule has 0 aliphatic heterocycles. The van der Waals surface area contributed by atoms with Crippen molar-refractivity contribution >= 4 is 22.6 Å². The third-order valence-corrected chi connectivity index (χ3v) is 4.21. The van der Waals surface area contributed by atoms with Crippen LogP contribution in [0.5, 0.6) is 0 Å². The van der Waals surface area contributed by atoms with E-state index in [-0.39, 0.29) is 0 Å². The van der Waals surface area contributed by atoms with Gasteiger partial charge in [0.25, 0.3) is 0 Å². The van der Waals surface area contributed by atoms with Crippen LogP contribution >= 0.6 is 11.6 Å². The summed E-state index contributed by atoms with van der Waals surface area (Å²) >= 11 is 6.07. The number of fused-ring (bicyclic) bond motifs is 1. The maximum Gasteiger partial charge on any atom is 0.124 e. The molecule has 3 heteroatoms. The summed E-state index contributed by atoms with van der Waals surface area (Å²) < 4.78 is 2.25. The first-order chi connectivity index (χ1) is 10.2. The van der Waals surface area contributed by atoms with E-state index in [1.54, 1.807) is 0 Å². The normalized spacial score (nSPS) is 11.2. The average molecular weight is 299 g/mol. The Morgan fingerprint density at radius 3 is 2.67 bits per heavy atom. The van der Waals surface area contributed by atoms with Crippen molar-refractivity contribution < 1.29 is 0 Å². The van der Waals surface area contributed by atoms with Gasteiger partial charge in [-0.05, 0) is 49.1 Å². The van der Waals surface area contributed by atoms with Crippen LogP contribution in [0, 0.1) is 13.8 Å². The van der Waals surface area contributed by atoms with Crippen LogP contribution in [-0.2, 0) is 18.8 Å². The highest BCUT2D eigenvalue weighted by Crippen LogP contribution is 2.20. The summed E-state index contributed by atoms with van der Waals surface area (Å²) in [6.07, 6.45) is 0.996. The van der Waals surface area contributed by atoms with Crippen LogP contribution in [0.3, 0.4) is 0 Å². The molecule has 0 radical (unpaired) electrons. The second-order valence-corrected chi connectivity index (χ2v) is 5.75. The van der Waals surface area contributed by atoms with E-state index in [0.29, 0.717) is 5.88 Å². The van der Waals surface area contributed by atoms with Crippen LogP contribution in [-0.4, -0.2) is 9.55 Å². The molecular weight excluding hydrogens is 280 g/mol. The van der Waals surface area contributed by atoms with Gasteiger partial charge in [0.1, 0.15) is 5.82 Å². The summed E-state index contributed by atoms with van der Waals surface area (Å²) in [7, 11) is 0. The molecule has 0 aliphatic carbocycles. The number of benzene rings is 2. The molecule has 2 nitrogen and oxygen atoms in total. The summed E-state index contributed by atoms with van der Waals surface area (Å²) in [5.74, 6) is 1.40. The van der Waals surface area contributed by atoms with Gasteiger partial charge >= 0.3 is 0 Å². The Morgan fingerprint density at radius 2 is 1.90 bits per heavy atom. The third kappa shape index (κ3) is 2.81. The molecule has 1 heterocycles. The number of hydrogen-bond donors (Lipinski definition) is 0. The number of rotatable bonds is 4. The molecule has 1 aromatic heterocycles. The zero-order valence-corrected chi connectivity index (χ0v) is 13.2.